The summed E-state index contributed by atoms with van der Waals surface area (Å²) in [5, 5.41) is 7.40. The van der Waals surface area contributed by atoms with Gasteiger partial charge in [0.2, 0.25) is 5.91 Å². The number of hydrogen-bond donors (Lipinski definition) is 3. The molecule has 1 aromatic heterocycles. The van der Waals surface area contributed by atoms with Crippen LogP contribution in [0.5, 0.6) is 5.75 Å². The molecular formula is C26H35N5O4Si. The predicted octanol–water partition coefficient (Wildman–Crippen LogP) is 4.55. The quantitative estimate of drug-likeness (QED) is 0.301. The molecular weight excluding hydrogens is 474 g/mol. The molecule has 0 saturated carbocycles. The van der Waals surface area contributed by atoms with Crippen LogP contribution in [0.25, 0.3) is 11.3 Å². The molecule has 0 spiro atoms. The van der Waals surface area contributed by atoms with Crippen molar-refractivity contribution in [3.63, 3.8) is 0 Å². The van der Waals surface area contributed by atoms with Gasteiger partial charge in [-0.1, -0.05) is 45.0 Å². The number of nitrogens with two attached hydrogens (primary N) is 2. The van der Waals surface area contributed by atoms with Gasteiger partial charge in [0.05, 0.1) is 25.1 Å². The van der Waals surface area contributed by atoms with Crippen LogP contribution >= 0.6 is 0 Å². The van der Waals surface area contributed by atoms with Crippen LogP contribution in [0.3, 0.4) is 0 Å². The number of hydrogen-bond acceptors (Lipinski definition) is 6. The van der Waals surface area contributed by atoms with Gasteiger partial charge < -0.3 is 25.9 Å². The van der Waals surface area contributed by atoms with Crippen molar-refractivity contribution in [2.24, 2.45) is 12.8 Å². The van der Waals surface area contributed by atoms with Crippen molar-refractivity contribution < 1.29 is 18.8 Å². The number of carbonyl (C=O) groups is 2. The van der Waals surface area contributed by atoms with Gasteiger partial charge in [0.25, 0.3) is 5.91 Å². The summed E-state index contributed by atoms with van der Waals surface area (Å²) in [6, 6.07) is 12.3. The Morgan fingerprint density at radius 2 is 1.75 bits per heavy atom. The lowest BCUT2D eigenvalue weighted by atomic mass is 10.1. The number of nitrogens with one attached hydrogen (secondary N) is 1. The number of amides is 2. The Balaban J connectivity index is 1.85. The average molecular weight is 510 g/mol. The molecule has 0 fully saturated rings. The minimum Gasteiger partial charge on any atom is -0.492 e. The van der Waals surface area contributed by atoms with E-state index in [1.165, 1.54) is 30.0 Å². The third-order valence-corrected chi connectivity index (χ3v) is 11.1. The second-order valence-corrected chi connectivity index (χ2v) is 15.0. The van der Waals surface area contributed by atoms with Crippen LogP contribution < -0.4 is 21.5 Å². The first-order chi connectivity index (χ1) is 16.7. The summed E-state index contributed by atoms with van der Waals surface area (Å²) in [6.07, 6.45) is 0. The molecule has 2 amide bonds. The monoisotopic (exact) mass is 509 g/mol. The number of rotatable bonds is 8. The Labute approximate surface area is 212 Å². The molecule has 9 nitrogen and oxygen atoms in total. The van der Waals surface area contributed by atoms with Crippen LogP contribution in [0.15, 0.2) is 42.5 Å². The van der Waals surface area contributed by atoms with E-state index in [0.29, 0.717) is 23.7 Å². The molecule has 0 aliphatic heterocycles. The van der Waals surface area contributed by atoms with Crippen LogP contribution in [0.2, 0.25) is 18.1 Å². The summed E-state index contributed by atoms with van der Waals surface area (Å²) in [5.41, 5.74) is 14.7. The summed E-state index contributed by atoms with van der Waals surface area (Å²) >= 11 is 0. The first kappa shape index (κ1) is 27.0. The molecule has 0 saturated heterocycles. The second kappa shape index (κ2) is 10.2. The van der Waals surface area contributed by atoms with E-state index in [-0.39, 0.29) is 22.0 Å². The summed E-state index contributed by atoms with van der Waals surface area (Å²) in [6.45, 7) is 11.6. The second-order valence-electron chi connectivity index (χ2n) is 10.2. The van der Waals surface area contributed by atoms with Crippen LogP contribution in [0.1, 0.15) is 47.2 Å². The molecule has 0 aliphatic rings. The van der Waals surface area contributed by atoms with Crippen molar-refractivity contribution in [2.75, 3.05) is 18.2 Å². The van der Waals surface area contributed by atoms with Crippen molar-refractivity contribution >= 4 is 31.5 Å². The SMILES string of the molecule is COc1c(-c2ccc(CO[Si](C)(C)C(C)(C)C)cc2)nn(C)c1C(=O)Nc1cc(C(N)=O)ccc1N. The highest BCUT2D eigenvalue weighted by molar-refractivity contribution is 6.74. The molecule has 5 N–H and O–H groups in total. The third kappa shape index (κ3) is 5.60. The lowest BCUT2D eigenvalue weighted by Gasteiger charge is -2.36. The molecule has 2 aromatic carbocycles. The number of ether oxygens (including phenoxy) is 1. The van der Waals surface area contributed by atoms with Crippen molar-refractivity contribution in [1.82, 2.24) is 9.78 Å². The van der Waals surface area contributed by atoms with Gasteiger partial charge in [-0.25, -0.2) is 0 Å². The highest BCUT2D eigenvalue weighted by Crippen LogP contribution is 2.37. The highest BCUT2D eigenvalue weighted by Gasteiger charge is 2.37. The van der Waals surface area contributed by atoms with Gasteiger partial charge in [-0.2, -0.15) is 5.10 Å². The molecule has 10 heteroatoms. The third-order valence-electron chi connectivity index (χ3n) is 6.64. The average Bonchev–Trinajstić information content (AvgIpc) is 3.14. The normalized spacial score (nSPS) is 11.9. The van der Waals surface area contributed by atoms with Gasteiger partial charge >= 0.3 is 0 Å². The van der Waals surface area contributed by atoms with Crippen LogP contribution in [0.4, 0.5) is 11.4 Å². The van der Waals surface area contributed by atoms with Crippen molar-refractivity contribution in [1.29, 1.82) is 0 Å². The van der Waals surface area contributed by atoms with E-state index in [0.717, 1.165) is 11.1 Å². The number of benzene rings is 2. The lowest BCUT2D eigenvalue weighted by Crippen LogP contribution is -2.40. The zero-order valence-electron chi connectivity index (χ0n) is 21.9. The Morgan fingerprint density at radius 3 is 2.31 bits per heavy atom. The molecule has 0 atom stereocenters. The molecule has 1 heterocycles. The Morgan fingerprint density at radius 1 is 1.11 bits per heavy atom. The first-order valence-corrected chi connectivity index (χ1v) is 14.5. The highest BCUT2D eigenvalue weighted by atomic mass is 28.4. The molecule has 3 aromatic rings. The Hall–Kier alpha value is -3.63. The van der Waals surface area contributed by atoms with E-state index in [9.17, 15) is 9.59 Å². The van der Waals surface area contributed by atoms with Gasteiger partial charge in [0, 0.05) is 18.2 Å². The maximum absolute atomic E-state index is 13.2. The predicted molar refractivity (Wildman–Crippen MR) is 145 cm³/mol. The minimum atomic E-state index is -1.86. The summed E-state index contributed by atoms with van der Waals surface area (Å²) in [7, 11) is 1.29. The number of anilines is 2. The fourth-order valence-electron chi connectivity index (χ4n) is 3.38. The summed E-state index contributed by atoms with van der Waals surface area (Å²) in [4.78, 5) is 24.7. The Bertz CT molecular complexity index is 1280. The number of methoxy groups -OCH3 is 1. The fraction of sp³-hybridized carbons (Fsp3) is 0.346. The number of nitrogen functional groups attached to an aromatic ring is 1. The topological polar surface area (TPSA) is 134 Å². The smallest absolute Gasteiger partial charge is 0.277 e. The van der Waals surface area contributed by atoms with Gasteiger partial charge in [-0.15, -0.1) is 0 Å². The van der Waals surface area contributed by atoms with Crippen LogP contribution in [-0.4, -0.2) is 37.0 Å². The molecule has 0 aliphatic carbocycles. The molecule has 36 heavy (non-hydrogen) atoms. The zero-order valence-corrected chi connectivity index (χ0v) is 22.9. The van der Waals surface area contributed by atoms with E-state index in [1.807, 2.05) is 24.3 Å². The molecule has 0 radical (unpaired) electrons. The fourth-order valence-corrected chi connectivity index (χ4v) is 4.34. The molecule has 0 bridgehead atoms. The summed E-state index contributed by atoms with van der Waals surface area (Å²) < 4.78 is 13.4. The number of carbonyl (C=O) groups excluding carboxylic acids is 2. The maximum Gasteiger partial charge on any atom is 0.277 e. The largest absolute Gasteiger partial charge is 0.492 e. The van der Waals surface area contributed by atoms with E-state index in [2.05, 4.69) is 44.3 Å². The van der Waals surface area contributed by atoms with E-state index < -0.39 is 20.1 Å². The van der Waals surface area contributed by atoms with Crippen molar-refractivity contribution in [2.45, 2.75) is 45.5 Å². The number of aromatic nitrogens is 2. The van der Waals surface area contributed by atoms with Gasteiger partial charge in [0.15, 0.2) is 19.8 Å². The van der Waals surface area contributed by atoms with E-state index in [4.69, 9.17) is 20.6 Å². The van der Waals surface area contributed by atoms with Crippen molar-refractivity contribution in [3.05, 3.63) is 59.3 Å². The lowest BCUT2D eigenvalue weighted by molar-refractivity contribution is 0.0993. The minimum absolute atomic E-state index is 0.136. The van der Waals surface area contributed by atoms with Gasteiger partial charge in [-0.05, 0) is 41.9 Å². The maximum atomic E-state index is 13.2. The number of aryl methyl sites for hydroxylation is 1. The zero-order chi connectivity index (χ0) is 26.8. The number of primary amides is 1. The first-order valence-electron chi connectivity index (χ1n) is 11.6. The van der Waals surface area contributed by atoms with Gasteiger partial charge in [0.1, 0.15) is 5.69 Å². The standard InChI is InChI=1S/C26H35N5O4Si/c1-26(2,3)36(6,7)35-15-16-8-10-17(11-9-16)21-23(34-5)22(31(4)30-21)25(33)29-20-14-18(24(28)32)12-13-19(20)27/h8-14H,15,27H2,1-7H3,(H2,28,32)(H,29,33). The number of nitrogens with zero attached hydrogens (tertiary/aromatic N) is 2. The molecule has 192 valence electrons. The van der Waals surface area contributed by atoms with Gasteiger partial charge in [-0.3, -0.25) is 14.3 Å². The molecule has 3 rings (SSSR count). The van der Waals surface area contributed by atoms with E-state index >= 15 is 0 Å². The van der Waals surface area contributed by atoms with E-state index in [1.54, 1.807) is 7.05 Å². The molecule has 0 unspecified atom stereocenters. The Kier molecular flexibility index (Phi) is 7.61. The summed E-state index contributed by atoms with van der Waals surface area (Å²) in [5.74, 6) is -0.783. The van der Waals surface area contributed by atoms with Crippen LogP contribution in [-0.2, 0) is 18.1 Å². The van der Waals surface area contributed by atoms with Crippen molar-refractivity contribution in [3.8, 4) is 17.0 Å². The van der Waals surface area contributed by atoms with Crippen LogP contribution in [0, 0.1) is 0 Å².